The van der Waals surface area contributed by atoms with E-state index in [1.807, 2.05) is 13.8 Å². The lowest BCUT2D eigenvalue weighted by Crippen LogP contribution is -2.22. The van der Waals surface area contributed by atoms with E-state index in [0.717, 1.165) is 6.54 Å². The van der Waals surface area contributed by atoms with Gasteiger partial charge in [-0.25, -0.2) is 0 Å². The third kappa shape index (κ3) is 6.71. The molecule has 0 aliphatic heterocycles. The van der Waals surface area contributed by atoms with Crippen LogP contribution in [-0.2, 0) is 6.54 Å². The van der Waals surface area contributed by atoms with Crippen LogP contribution in [0.1, 0.15) is 33.3 Å². The zero-order valence-electron chi connectivity index (χ0n) is 11.2. The highest BCUT2D eigenvalue weighted by atomic mass is 32.2. The monoisotopic (exact) mass is 253 g/mol. The third-order valence-electron chi connectivity index (χ3n) is 2.20. The average Bonchev–Trinajstić information content (AvgIpc) is 2.23. The van der Waals surface area contributed by atoms with Crippen molar-refractivity contribution >= 4 is 11.8 Å². The van der Waals surface area contributed by atoms with Gasteiger partial charge in [0.25, 0.3) is 0 Å². The van der Waals surface area contributed by atoms with Crippen LogP contribution in [0.2, 0.25) is 0 Å². The van der Waals surface area contributed by atoms with E-state index < -0.39 is 5.60 Å². The number of aliphatic hydroxyl groups is 1. The van der Waals surface area contributed by atoms with Crippen LogP contribution in [-0.4, -0.2) is 22.5 Å². The zero-order valence-corrected chi connectivity index (χ0v) is 12.0. The van der Waals surface area contributed by atoms with E-state index in [-0.39, 0.29) is 0 Å². The molecule has 0 atom stereocenters. The first kappa shape index (κ1) is 14.6. The first-order valence-corrected chi connectivity index (χ1v) is 7.03. The summed E-state index contributed by atoms with van der Waals surface area (Å²) < 4.78 is 0. The van der Waals surface area contributed by atoms with Crippen LogP contribution < -0.4 is 5.32 Å². The Bertz CT molecular complexity index is 344. The summed E-state index contributed by atoms with van der Waals surface area (Å²) in [6, 6.07) is 8.98. The minimum atomic E-state index is -0.614. The van der Waals surface area contributed by atoms with E-state index >= 15 is 0 Å². The molecule has 0 aliphatic rings. The molecule has 1 rings (SSSR count). The first-order chi connectivity index (χ1) is 7.87. The molecule has 0 unspecified atom stereocenters. The Kier molecular flexibility index (Phi) is 5.50. The normalized spacial score (nSPS) is 12.1. The van der Waals surface area contributed by atoms with Crippen molar-refractivity contribution in [1.29, 1.82) is 0 Å². The molecule has 0 aliphatic carbocycles. The minimum Gasteiger partial charge on any atom is -0.390 e. The van der Waals surface area contributed by atoms with Crippen molar-refractivity contribution in [3.05, 3.63) is 29.8 Å². The summed E-state index contributed by atoms with van der Waals surface area (Å²) >= 11 is 1.70. The van der Waals surface area contributed by atoms with Gasteiger partial charge in [-0.15, -0.1) is 11.8 Å². The molecule has 3 heteroatoms. The number of rotatable bonds is 6. The summed E-state index contributed by atoms with van der Waals surface area (Å²) in [6.45, 7) is 8.86. The smallest absolute Gasteiger partial charge is 0.0685 e. The molecule has 0 bridgehead atoms. The molecule has 0 amide bonds. The van der Waals surface area contributed by atoms with Crippen molar-refractivity contribution in [2.45, 2.75) is 50.8 Å². The molecule has 2 nitrogen and oxygen atoms in total. The van der Waals surface area contributed by atoms with Crippen molar-refractivity contribution in [2.24, 2.45) is 0 Å². The van der Waals surface area contributed by atoms with E-state index in [1.54, 1.807) is 11.8 Å². The summed E-state index contributed by atoms with van der Waals surface area (Å²) in [5.41, 5.74) is 0.677. The molecule has 0 saturated carbocycles. The van der Waals surface area contributed by atoms with E-state index in [4.69, 9.17) is 0 Å². The van der Waals surface area contributed by atoms with E-state index in [9.17, 15) is 5.11 Å². The summed E-state index contributed by atoms with van der Waals surface area (Å²) in [6.07, 6.45) is 0. The SMILES string of the molecule is CC(C)NCc1cccc(SCC(C)(C)O)c1. The highest BCUT2D eigenvalue weighted by Crippen LogP contribution is 2.23. The van der Waals surface area contributed by atoms with Gasteiger partial charge in [-0.1, -0.05) is 26.0 Å². The standard InChI is InChI=1S/C14H23NOS/c1-11(2)15-9-12-6-5-7-13(8-12)17-10-14(3,4)16/h5-8,11,15-16H,9-10H2,1-4H3. The number of thioether (sulfide) groups is 1. The third-order valence-corrected chi connectivity index (χ3v) is 3.64. The fourth-order valence-electron chi connectivity index (χ4n) is 1.33. The molecule has 0 heterocycles. The predicted octanol–water partition coefficient (Wildman–Crippen LogP) is 3.05. The summed E-state index contributed by atoms with van der Waals surface area (Å²) in [4.78, 5) is 1.22. The van der Waals surface area contributed by atoms with Crippen LogP contribution >= 0.6 is 11.8 Å². The minimum absolute atomic E-state index is 0.502. The Labute approximate surface area is 109 Å². The Hall–Kier alpha value is -0.510. The van der Waals surface area contributed by atoms with Gasteiger partial charge < -0.3 is 10.4 Å². The fourth-order valence-corrected chi connectivity index (χ4v) is 2.26. The molecular weight excluding hydrogens is 230 g/mol. The van der Waals surface area contributed by atoms with Crippen molar-refractivity contribution in [3.63, 3.8) is 0 Å². The molecule has 0 spiro atoms. The molecule has 0 radical (unpaired) electrons. The van der Waals surface area contributed by atoms with Gasteiger partial charge in [-0.2, -0.15) is 0 Å². The first-order valence-electron chi connectivity index (χ1n) is 6.04. The number of hydrogen-bond acceptors (Lipinski definition) is 3. The maximum Gasteiger partial charge on any atom is 0.0685 e. The Morgan fingerprint density at radius 1 is 1.35 bits per heavy atom. The molecule has 17 heavy (non-hydrogen) atoms. The van der Waals surface area contributed by atoms with Gasteiger partial charge in [0.1, 0.15) is 0 Å². The lowest BCUT2D eigenvalue weighted by molar-refractivity contribution is 0.107. The van der Waals surface area contributed by atoms with Crippen molar-refractivity contribution in [2.75, 3.05) is 5.75 Å². The van der Waals surface area contributed by atoms with E-state index in [0.29, 0.717) is 11.8 Å². The molecule has 1 aromatic rings. The van der Waals surface area contributed by atoms with Crippen LogP contribution in [0.15, 0.2) is 29.2 Å². The second-order valence-corrected chi connectivity index (χ2v) is 6.33. The van der Waals surface area contributed by atoms with Gasteiger partial charge in [-0.05, 0) is 31.5 Å². The van der Waals surface area contributed by atoms with Gasteiger partial charge >= 0.3 is 0 Å². The Morgan fingerprint density at radius 2 is 2.06 bits per heavy atom. The molecule has 0 aromatic heterocycles. The lowest BCUT2D eigenvalue weighted by Gasteiger charge is -2.16. The average molecular weight is 253 g/mol. The van der Waals surface area contributed by atoms with Crippen LogP contribution in [0.5, 0.6) is 0 Å². The van der Waals surface area contributed by atoms with E-state index in [1.165, 1.54) is 10.5 Å². The highest BCUT2D eigenvalue weighted by Gasteiger charge is 2.12. The zero-order chi connectivity index (χ0) is 12.9. The van der Waals surface area contributed by atoms with Gasteiger partial charge in [0.2, 0.25) is 0 Å². The Morgan fingerprint density at radius 3 is 2.65 bits per heavy atom. The van der Waals surface area contributed by atoms with Gasteiger partial charge in [0, 0.05) is 23.2 Å². The summed E-state index contributed by atoms with van der Waals surface area (Å²) in [5, 5.41) is 13.1. The van der Waals surface area contributed by atoms with E-state index in [2.05, 4.69) is 43.4 Å². The second kappa shape index (κ2) is 6.43. The van der Waals surface area contributed by atoms with Crippen LogP contribution in [0.4, 0.5) is 0 Å². The van der Waals surface area contributed by atoms with Crippen molar-refractivity contribution in [3.8, 4) is 0 Å². The van der Waals surface area contributed by atoms with Crippen molar-refractivity contribution < 1.29 is 5.11 Å². The maximum atomic E-state index is 9.69. The maximum absolute atomic E-state index is 9.69. The topological polar surface area (TPSA) is 32.3 Å². The number of hydrogen-bond donors (Lipinski definition) is 2. The molecule has 2 N–H and O–H groups in total. The lowest BCUT2D eigenvalue weighted by atomic mass is 10.2. The number of nitrogens with one attached hydrogen (secondary N) is 1. The highest BCUT2D eigenvalue weighted by molar-refractivity contribution is 7.99. The molecule has 96 valence electrons. The Balaban J connectivity index is 2.54. The van der Waals surface area contributed by atoms with Gasteiger partial charge in [-0.3, -0.25) is 0 Å². The second-order valence-electron chi connectivity index (χ2n) is 5.28. The van der Waals surface area contributed by atoms with Gasteiger partial charge in [0.05, 0.1) is 5.60 Å². The largest absolute Gasteiger partial charge is 0.390 e. The summed E-state index contributed by atoms with van der Waals surface area (Å²) in [7, 11) is 0. The molecule has 0 fully saturated rings. The molecular formula is C14H23NOS. The predicted molar refractivity (Wildman–Crippen MR) is 75.4 cm³/mol. The summed E-state index contributed by atoms with van der Waals surface area (Å²) in [5.74, 6) is 0.716. The molecule has 1 aromatic carbocycles. The number of benzene rings is 1. The van der Waals surface area contributed by atoms with Crippen molar-refractivity contribution in [1.82, 2.24) is 5.32 Å². The fraction of sp³-hybridized carbons (Fsp3) is 0.571. The molecule has 0 saturated heterocycles. The van der Waals surface area contributed by atoms with Crippen LogP contribution in [0.25, 0.3) is 0 Å². The quantitative estimate of drug-likeness (QED) is 0.764. The van der Waals surface area contributed by atoms with Crippen LogP contribution in [0, 0.1) is 0 Å². The van der Waals surface area contributed by atoms with Crippen LogP contribution in [0.3, 0.4) is 0 Å². The van der Waals surface area contributed by atoms with Gasteiger partial charge in [0.15, 0.2) is 0 Å².